The van der Waals surface area contributed by atoms with Gasteiger partial charge in [0.2, 0.25) is 5.91 Å². The molecule has 0 N–H and O–H groups in total. The number of para-hydroxylation sites is 1. The van der Waals surface area contributed by atoms with E-state index < -0.39 is 0 Å². The van der Waals surface area contributed by atoms with E-state index in [1.165, 1.54) is 16.3 Å². The summed E-state index contributed by atoms with van der Waals surface area (Å²) in [5.41, 5.74) is 7.36. The van der Waals surface area contributed by atoms with Crippen molar-refractivity contribution in [1.29, 1.82) is 0 Å². The van der Waals surface area contributed by atoms with Gasteiger partial charge in [-0.05, 0) is 123 Å². The van der Waals surface area contributed by atoms with Crippen LogP contribution in [0.1, 0.15) is 48.5 Å². The van der Waals surface area contributed by atoms with Crippen molar-refractivity contribution in [3.8, 4) is 56.1 Å². The molecule has 0 aliphatic heterocycles. The molecule has 0 unspecified atom stereocenters. The number of benzene rings is 4. The largest absolute Gasteiger partial charge is 0.496 e. The number of unbranched alkanes of at least 4 members (excludes halogenated alkanes) is 3. The van der Waals surface area contributed by atoms with E-state index in [9.17, 15) is 4.79 Å². The molecule has 0 aliphatic rings. The molecule has 8 nitrogen and oxygen atoms in total. The Balaban J connectivity index is 1.01. The Morgan fingerprint density at radius 2 is 1.43 bits per heavy atom. The van der Waals surface area contributed by atoms with Crippen molar-refractivity contribution in [2.24, 2.45) is 0 Å². The number of hydrogen-bond acceptors (Lipinski definition) is 8. The summed E-state index contributed by atoms with van der Waals surface area (Å²) in [6.07, 6.45) is 3.91. The zero-order valence-corrected chi connectivity index (χ0v) is 29.4. The Morgan fingerprint density at radius 3 is 2.14 bits per heavy atom. The summed E-state index contributed by atoms with van der Waals surface area (Å²) in [5.74, 6) is 2.74. The number of fused-ring (bicyclic) bond motifs is 1. The van der Waals surface area contributed by atoms with Crippen LogP contribution in [0.15, 0.2) is 84.9 Å². The first-order valence-electron chi connectivity index (χ1n) is 16.5. The molecule has 4 aromatic carbocycles. The molecule has 0 radical (unpaired) electrons. The van der Waals surface area contributed by atoms with Crippen molar-refractivity contribution in [1.82, 2.24) is 14.8 Å². The van der Waals surface area contributed by atoms with Gasteiger partial charge in [-0.2, -0.15) is 9.78 Å². The predicted molar refractivity (Wildman–Crippen MR) is 196 cm³/mol. The minimum atomic E-state index is -0.180. The first-order valence-corrected chi connectivity index (χ1v) is 17.3. The third kappa shape index (κ3) is 7.78. The summed E-state index contributed by atoms with van der Waals surface area (Å²) in [6, 6.07) is 28.0. The summed E-state index contributed by atoms with van der Waals surface area (Å²) >= 11 is 1.70. The van der Waals surface area contributed by atoms with E-state index >= 15 is 0 Å². The van der Waals surface area contributed by atoms with E-state index in [0.717, 1.165) is 75.5 Å². The molecule has 2 aromatic heterocycles. The maximum atomic E-state index is 12.6. The maximum absolute atomic E-state index is 12.6. The molecule has 6 aromatic rings. The van der Waals surface area contributed by atoms with Gasteiger partial charge in [0.1, 0.15) is 16.5 Å². The Morgan fingerprint density at radius 1 is 0.735 bits per heavy atom. The molecule has 2 heterocycles. The molecular weight excluding hydrogens is 635 g/mol. The van der Waals surface area contributed by atoms with Crippen molar-refractivity contribution in [2.45, 2.75) is 46.5 Å². The number of carbonyl (C=O) groups is 1. The lowest BCUT2D eigenvalue weighted by Crippen LogP contribution is -2.09. The normalized spacial score (nSPS) is 11.1. The van der Waals surface area contributed by atoms with Crippen molar-refractivity contribution in [3.63, 3.8) is 0 Å². The standard InChI is InChI=1S/C40H41N3O5S/c1-26-22-31(24-37(46-5)27(26)2)34-25-35(43(42-34)28(3)44)30-16-19-36(45-4)38(23-30)48-21-11-7-6-10-20-47-32-17-14-29(15-18-32)40-41-33-12-8-9-13-39(33)49-40/h8-9,12-19,22-25H,6-7,10-11,20-21H2,1-5H3. The third-order valence-electron chi connectivity index (χ3n) is 8.56. The molecule has 0 aliphatic carbocycles. The first kappa shape index (κ1) is 33.7. The predicted octanol–water partition coefficient (Wildman–Crippen LogP) is 9.81. The molecule has 0 saturated heterocycles. The number of thiazole rings is 1. The first-order chi connectivity index (χ1) is 23.8. The monoisotopic (exact) mass is 675 g/mol. The molecule has 49 heavy (non-hydrogen) atoms. The minimum absolute atomic E-state index is 0.180. The fraction of sp³-hybridized carbons (Fsp3) is 0.275. The van der Waals surface area contributed by atoms with Crippen LogP contribution in [0, 0.1) is 13.8 Å². The summed E-state index contributed by atoms with van der Waals surface area (Å²) in [7, 11) is 3.28. The highest BCUT2D eigenvalue weighted by Gasteiger charge is 2.18. The van der Waals surface area contributed by atoms with Crippen LogP contribution >= 0.6 is 11.3 Å². The number of nitrogens with zero attached hydrogens (tertiary/aromatic N) is 3. The number of aromatic nitrogens is 3. The molecule has 0 bridgehead atoms. The van der Waals surface area contributed by atoms with Gasteiger partial charge < -0.3 is 18.9 Å². The van der Waals surface area contributed by atoms with Gasteiger partial charge >= 0.3 is 0 Å². The van der Waals surface area contributed by atoms with Gasteiger partial charge in [0.25, 0.3) is 0 Å². The second-order valence-electron chi connectivity index (χ2n) is 12.0. The average molecular weight is 676 g/mol. The Bertz CT molecular complexity index is 2030. The van der Waals surface area contributed by atoms with Crippen LogP contribution in [-0.2, 0) is 0 Å². The highest BCUT2D eigenvalue weighted by molar-refractivity contribution is 7.21. The maximum Gasteiger partial charge on any atom is 0.244 e. The van der Waals surface area contributed by atoms with Gasteiger partial charge in [0.05, 0.1) is 49.0 Å². The molecule has 0 fully saturated rings. The smallest absolute Gasteiger partial charge is 0.244 e. The summed E-state index contributed by atoms with van der Waals surface area (Å²) in [4.78, 5) is 17.4. The number of ether oxygens (including phenoxy) is 4. The molecule has 0 saturated carbocycles. The van der Waals surface area contributed by atoms with E-state index in [1.54, 1.807) is 25.6 Å². The minimum Gasteiger partial charge on any atom is -0.496 e. The molecule has 252 valence electrons. The summed E-state index contributed by atoms with van der Waals surface area (Å²) in [5, 5.41) is 5.68. The summed E-state index contributed by atoms with van der Waals surface area (Å²) in [6.45, 7) is 6.79. The van der Waals surface area contributed by atoms with E-state index in [0.29, 0.717) is 36.1 Å². The third-order valence-corrected chi connectivity index (χ3v) is 9.65. The Hall–Kier alpha value is -5.15. The van der Waals surface area contributed by atoms with Crippen LogP contribution in [0.3, 0.4) is 0 Å². The number of rotatable bonds is 14. The van der Waals surface area contributed by atoms with Gasteiger partial charge in [-0.15, -0.1) is 11.3 Å². The number of carbonyl (C=O) groups excluding carboxylic acids is 1. The molecular formula is C40H41N3O5S. The molecule has 6 rings (SSSR count). The van der Waals surface area contributed by atoms with Crippen LogP contribution < -0.4 is 18.9 Å². The SMILES string of the molecule is COc1ccc(-c2cc(-c3cc(C)c(C)c(OC)c3)nn2C(C)=O)cc1OCCCCCCOc1ccc(-c2nc3ccccc3s2)cc1. The zero-order chi connectivity index (χ0) is 34.3. The van der Waals surface area contributed by atoms with Crippen LogP contribution in [0.4, 0.5) is 0 Å². The highest BCUT2D eigenvalue weighted by Crippen LogP contribution is 2.36. The van der Waals surface area contributed by atoms with E-state index in [-0.39, 0.29) is 5.91 Å². The quantitative estimate of drug-likeness (QED) is 0.106. The number of aryl methyl sites for hydroxylation is 1. The van der Waals surface area contributed by atoms with E-state index in [1.807, 2.05) is 74.5 Å². The van der Waals surface area contributed by atoms with E-state index in [2.05, 4.69) is 29.4 Å². The molecule has 0 spiro atoms. The van der Waals surface area contributed by atoms with Crippen LogP contribution in [0.2, 0.25) is 0 Å². The van der Waals surface area contributed by atoms with Crippen LogP contribution in [0.25, 0.3) is 43.3 Å². The Labute approximate surface area is 291 Å². The molecule has 0 atom stereocenters. The van der Waals surface area contributed by atoms with Gasteiger partial charge in [-0.3, -0.25) is 4.79 Å². The van der Waals surface area contributed by atoms with Crippen LogP contribution in [0.5, 0.6) is 23.0 Å². The number of methoxy groups -OCH3 is 2. The lowest BCUT2D eigenvalue weighted by Gasteiger charge is -2.13. The lowest BCUT2D eigenvalue weighted by atomic mass is 10.0. The second kappa shape index (κ2) is 15.4. The van der Waals surface area contributed by atoms with Crippen molar-refractivity contribution in [3.05, 3.63) is 96.1 Å². The lowest BCUT2D eigenvalue weighted by molar-refractivity contribution is 0.0923. The van der Waals surface area contributed by atoms with Crippen molar-refractivity contribution in [2.75, 3.05) is 27.4 Å². The second-order valence-corrected chi connectivity index (χ2v) is 13.0. The summed E-state index contributed by atoms with van der Waals surface area (Å²) < 4.78 is 26.0. The zero-order valence-electron chi connectivity index (χ0n) is 28.6. The molecule has 9 heteroatoms. The van der Waals surface area contributed by atoms with Gasteiger partial charge in [-0.1, -0.05) is 12.1 Å². The van der Waals surface area contributed by atoms with Gasteiger partial charge in [0, 0.05) is 23.6 Å². The van der Waals surface area contributed by atoms with Crippen molar-refractivity contribution < 1.29 is 23.7 Å². The van der Waals surface area contributed by atoms with E-state index in [4.69, 9.17) is 23.9 Å². The topological polar surface area (TPSA) is 84.7 Å². The molecule has 0 amide bonds. The van der Waals surface area contributed by atoms with Crippen molar-refractivity contribution >= 4 is 27.5 Å². The fourth-order valence-corrected chi connectivity index (χ4v) is 6.69. The highest BCUT2D eigenvalue weighted by atomic mass is 32.1. The van der Waals surface area contributed by atoms with Gasteiger partial charge in [-0.25, -0.2) is 4.98 Å². The fourth-order valence-electron chi connectivity index (χ4n) is 5.72. The Kier molecular flexibility index (Phi) is 10.6. The average Bonchev–Trinajstić information content (AvgIpc) is 3.76. The number of hydrogen-bond donors (Lipinski definition) is 0. The van der Waals surface area contributed by atoms with Gasteiger partial charge in [0.15, 0.2) is 11.5 Å². The van der Waals surface area contributed by atoms with Crippen LogP contribution in [-0.4, -0.2) is 48.1 Å².